The Labute approximate surface area is 154 Å². The molecule has 1 saturated heterocycles. The van der Waals surface area contributed by atoms with Crippen molar-refractivity contribution in [2.24, 2.45) is 5.92 Å². The Kier molecular flexibility index (Phi) is 4.43. The maximum Gasteiger partial charge on any atom is 0.281 e. The molecule has 0 spiro atoms. The molecule has 0 unspecified atom stereocenters. The molecule has 1 aliphatic rings. The van der Waals surface area contributed by atoms with Crippen LogP contribution in [0.2, 0.25) is 0 Å². The number of nitrogens with one attached hydrogen (secondary N) is 1. The van der Waals surface area contributed by atoms with E-state index in [9.17, 15) is 14.0 Å². The second-order valence-electron chi connectivity index (χ2n) is 6.83. The summed E-state index contributed by atoms with van der Waals surface area (Å²) in [6, 6.07) is 6.02. The van der Waals surface area contributed by atoms with Gasteiger partial charge in [0.1, 0.15) is 11.6 Å². The van der Waals surface area contributed by atoms with Crippen LogP contribution in [0, 0.1) is 18.7 Å². The first-order valence-corrected chi connectivity index (χ1v) is 8.87. The van der Waals surface area contributed by atoms with Crippen molar-refractivity contribution in [3.05, 3.63) is 51.8 Å². The van der Waals surface area contributed by atoms with Gasteiger partial charge in [-0.15, -0.1) is 5.10 Å². The van der Waals surface area contributed by atoms with E-state index < -0.39 is 5.82 Å². The molecule has 3 aromatic rings. The number of hydrogen-bond acceptors (Lipinski definition) is 5. The van der Waals surface area contributed by atoms with E-state index in [0.717, 1.165) is 12.8 Å². The van der Waals surface area contributed by atoms with Crippen LogP contribution >= 0.6 is 0 Å². The van der Waals surface area contributed by atoms with Crippen LogP contribution in [-0.2, 0) is 6.54 Å². The molecule has 1 N–H and O–H groups in total. The van der Waals surface area contributed by atoms with Gasteiger partial charge in [0, 0.05) is 19.6 Å². The molecule has 8 nitrogen and oxygen atoms in total. The van der Waals surface area contributed by atoms with Gasteiger partial charge in [-0.3, -0.25) is 9.59 Å². The number of aromatic amines is 1. The highest BCUT2D eigenvalue weighted by Gasteiger charge is 2.27. The molecule has 9 heteroatoms. The van der Waals surface area contributed by atoms with E-state index in [1.807, 2.05) is 0 Å². The Morgan fingerprint density at radius 3 is 3.00 bits per heavy atom. The van der Waals surface area contributed by atoms with Gasteiger partial charge in [0.05, 0.1) is 5.56 Å². The van der Waals surface area contributed by atoms with Crippen molar-refractivity contribution in [2.45, 2.75) is 26.3 Å². The van der Waals surface area contributed by atoms with Gasteiger partial charge in [-0.25, -0.2) is 14.1 Å². The van der Waals surface area contributed by atoms with Gasteiger partial charge in [0.15, 0.2) is 11.2 Å². The maximum absolute atomic E-state index is 13.9. The standard InChI is InChI=1S/C18H19FN6O2/c1-11-20-16-15(17(26)21-11)22-23-25(16)10-12-5-4-8-24(9-12)18(27)13-6-2-3-7-14(13)19/h2-3,6-7,12H,4-5,8-10H2,1H3,(H,20,21,26)/t12-/m1/s1. The summed E-state index contributed by atoms with van der Waals surface area (Å²) in [4.78, 5) is 33.2. The SMILES string of the molecule is Cc1nc2c(nnn2C[C@@H]2CCCN(C(=O)c3ccccc3F)C2)c(=O)[nH]1. The molecule has 4 rings (SSSR count). The van der Waals surface area contributed by atoms with Crippen LogP contribution < -0.4 is 5.56 Å². The zero-order chi connectivity index (χ0) is 19.0. The van der Waals surface area contributed by atoms with Gasteiger partial charge >= 0.3 is 0 Å². The predicted octanol–water partition coefficient (Wildman–Crippen LogP) is 1.51. The van der Waals surface area contributed by atoms with Crippen molar-refractivity contribution in [3.8, 4) is 0 Å². The number of fused-ring (bicyclic) bond motifs is 1. The first kappa shape index (κ1) is 17.3. The van der Waals surface area contributed by atoms with E-state index in [1.165, 1.54) is 12.1 Å². The summed E-state index contributed by atoms with van der Waals surface area (Å²) in [7, 11) is 0. The molecule has 0 radical (unpaired) electrons. The van der Waals surface area contributed by atoms with E-state index in [0.29, 0.717) is 31.1 Å². The molecule has 1 aromatic carbocycles. The van der Waals surface area contributed by atoms with Crippen LogP contribution in [0.5, 0.6) is 0 Å². The molecule has 1 aliphatic heterocycles. The number of aromatic nitrogens is 5. The molecule has 1 atom stereocenters. The highest BCUT2D eigenvalue weighted by atomic mass is 19.1. The summed E-state index contributed by atoms with van der Waals surface area (Å²) in [5, 5.41) is 7.97. The van der Waals surface area contributed by atoms with Gasteiger partial charge < -0.3 is 9.88 Å². The average Bonchev–Trinajstić information content (AvgIpc) is 3.05. The third-order valence-corrected chi connectivity index (χ3v) is 4.83. The summed E-state index contributed by atoms with van der Waals surface area (Å²) in [6.45, 7) is 3.29. The van der Waals surface area contributed by atoms with Crippen molar-refractivity contribution in [1.82, 2.24) is 29.9 Å². The van der Waals surface area contributed by atoms with Crippen LogP contribution in [-0.4, -0.2) is 48.9 Å². The normalized spacial score (nSPS) is 17.4. The van der Waals surface area contributed by atoms with Crippen molar-refractivity contribution < 1.29 is 9.18 Å². The number of nitrogens with zero attached hydrogens (tertiary/aromatic N) is 5. The Bertz CT molecular complexity index is 1060. The lowest BCUT2D eigenvalue weighted by atomic mass is 9.97. The van der Waals surface area contributed by atoms with E-state index in [2.05, 4.69) is 20.3 Å². The highest BCUT2D eigenvalue weighted by molar-refractivity contribution is 5.94. The number of rotatable bonds is 3. The zero-order valence-electron chi connectivity index (χ0n) is 14.9. The lowest BCUT2D eigenvalue weighted by Crippen LogP contribution is -2.41. The number of carbonyl (C=O) groups excluding carboxylic acids is 1. The van der Waals surface area contributed by atoms with Crippen LogP contribution in [0.25, 0.3) is 11.2 Å². The fraction of sp³-hybridized carbons (Fsp3) is 0.389. The molecule has 0 bridgehead atoms. The first-order chi connectivity index (χ1) is 13.0. The van der Waals surface area contributed by atoms with Gasteiger partial charge in [0.2, 0.25) is 0 Å². The summed E-state index contributed by atoms with van der Waals surface area (Å²) < 4.78 is 15.5. The third-order valence-electron chi connectivity index (χ3n) is 4.83. The Morgan fingerprint density at radius 1 is 1.37 bits per heavy atom. The molecular weight excluding hydrogens is 351 g/mol. The zero-order valence-corrected chi connectivity index (χ0v) is 14.9. The molecule has 1 amide bonds. The molecule has 3 heterocycles. The van der Waals surface area contributed by atoms with E-state index in [4.69, 9.17) is 0 Å². The van der Waals surface area contributed by atoms with Crippen molar-refractivity contribution in [2.75, 3.05) is 13.1 Å². The summed E-state index contributed by atoms with van der Waals surface area (Å²) in [5.74, 6) is -0.186. The fourth-order valence-electron chi connectivity index (χ4n) is 3.55. The quantitative estimate of drug-likeness (QED) is 0.754. The van der Waals surface area contributed by atoms with Crippen LogP contribution in [0.3, 0.4) is 0 Å². The topological polar surface area (TPSA) is 96.8 Å². The molecule has 0 aliphatic carbocycles. The lowest BCUT2D eigenvalue weighted by Gasteiger charge is -2.32. The predicted molar refractivity (Wildman–Crippen MR) is 95.7 cm³/mol. The Hall–Kier alpha value is -3.10. The summed E-state index contributed by atoms with van der Waals surface area (Å²) in [6.07, 6.45) is 1.73. The van der Waals surface area contributed by atoms with Crippen molar-refractivity contribution in [3.63, 3.8) is 0 Å². The van der Waals surface area contributed by atoms with Crippen LogP contribution in [0.15, 0.2) is 29.1 Å². The summed E-state index contributed by atoms with van der Waals surface area (Å²) in [5.41, 5.74) is 0.418. The Morgan fingerprint density at radius 2 is 2.19 bits per heavy atom. The smallest absolute Gasteiger partial charge is 0.281 e. The van der Waals surface area contributed by atoms with Gasteiger partial charge in [-0.1, -0.05) is 17.3 Å². The largest absolute Gasteiger partial charge is 0.338 e. The number of likely N-dealkylation sites (tertiary alicyclic amines) is 1. The molecule has 140 valence electrons. The number of carbonyl (C=O) groups is 1. The van der Waals surface area contributed by atoms with E-state index in [-0.39, 0.29) is 28.5 Å². The number of benzene rings is 1. The fourth-order valence-corrected chi connectivity index (χ4v) is 3.55. The third kappa shape index (κ3) is 3.32. The van der Waals surface area contributed by atoms with Crippen LogP contribution in [0.4, 0.5) is 4.39 Å². The van der Waals surface area contributed by atoms with Crippen LogP contribution in [0.1, 0.15) is 29.0 Å². The van der Waals surface area contributed by atoms with E-state index in [1.54, 1.807) is 28.6 Å². The first-order valence-electron chi connectivity index (χ1n) is 8.87. The monoisotopic (exact) mass is 370 g/mol. The minimum absolute atomic E-state index is 0.0909. The number of aryl methyl sites for hydroxylation is 1. The van der Waals surface area contributed by atoms with Gasteiger partial charge in [-0.2, -0.15) is 0 Å². The molecule has 0 saturated carbocycles. The number of piperidine rings is 1. The molecule has 27 heavy (non-hydrogen) atoms. The van der Waals surface area contributed by atoms with Crippen molar-refractivity contribution >= 4 is 17.1 Å². The second-order valence-corrected chi connectivity index (χ2v) is 6.83. The summed E-state index contributed by atoms with van der Waals surface area (Å²) >= 11 is 0. The molecular formula is C18H19FN6O2. The van der Waals surface area contributed by atoms with E-state index >= 15 is 0 Å². The lowest BCUT2D eigenvalue weighted by molar-refractivity contribution is 0.0655. The number of amides is 1. The number of H-pyrrole nitrogens is 1. The van der Waals surface area contributed by atoms with Crippen molar-refractivity contribution in [1.29, 1.82) is 0 Å². The maximum atomic E-state index is 13.9. The second kappa shape index (κ2) is 6.90. The minimum Gasteiger partial charge on any atom is -0.338 e. The molecule has 2 aromatic heterocycles. The molecule has 1 fully saturated rings. The number of hydrogen-bond donors (Lipinski definition) is 1. The van der Waals surface area contributed by atoms with Gasteiger partial charge in [0.25, 0.3) is 11.5 Å². The Balaban J connectivity index is 1.53. The van der Waals surface area contributed by atoms with Gasteiger partial charge in [-0.05, 0) is 37.8 Å². The average molecular weight is 370 g/mol. The number of halogens is 1. The highest BCUT2D eigenvalue weighted by Crippen LogP contribution is 2.21. The minimum atomic E-state index is -0.509.